The second-order valence-electron chi connectivity index (χ2n) is 8.96. The number of aliphatic hydroxyl groups excluding tert-OH is 1. The van der Waals surface area contributed by atoms with Crippen LogP contribution in [-0.4, -0.2) is 53.5 Å². The maximum atomic E-state index is 12.8. The molecule has 2 atom stereocenters. The minimum atomic E-state index is -4.31. The molecule has 184 valence electrons. The SMILES string of the molecule is C[C@@H](CC(F)(F)F)Nc1ncc2c(-c3ccnc([S@@](C)(=N)=O)c3)cc([C@H]3CC[C@H](O)CC3)n2n1. The van der Waals surface area contributed by atoms with Crippen LogP contribution in [0.4, 0.5) is 19.1 Å². The fraction of sp³-hybridized carbons (Fsp3) is 0.500. The number of hydrogen-bond acceptors (Lipinski definition) is 7. The van der Waals surface area contributed by atoms with Gasteiger partial charge in [-0.1, -0.05) is 0 Å². The van der Waals surface area contributed by atoms with E-state index in [9.17, 15) is 22.5 Å². The molecule has 1 aliphatic rings. The van der Waals surface area contributed by atoms with E-state index in [4.69, 9.17) is 4.78 Å². The zero-order chi connectivity index (χ0) is 24.7. The molecule has 0 aromatic carbocycles. The van der Waals surface area contributed by atoms with Crippen molar-refractivity contribution in [1.29, 1.82) is 4.78 Å². The summed E-state index contributed by atoms with van der Waals surface area (Å²) < 4.78 is 60.1. The maximum Gasteiger partial charge on any atom is 0.391 e. The van der Waals surface area contributed by atoms with Crippen molar-refractivity contribution in [2.24, 2.45) is 0 Å². The first-order valence-electron chi connectivity index (χ1n) is 11.0. The lowest BCUT2D eigenvalue weighted by Crippen LogP contribution is -2.25. The second kappa shape index (κ2) is 9.14. The highest BCUT2D eigenvalue weighted by Gasteiger charge is 2.30. The summed E-state index contributed by atoms with van der Waals surface area (Å²) >= 11 is 0. The van der Waals surface area contributed by atoms with Crippen LogP contribution in [0.25, 0.3) is 16.6 Å². The predicted octanol–water partition coefficient (Wildman–Crippen LogP) is 4.60. The molecule has 1 aliphatic carbocycles. The van der Waals surface area contributed by atoms with Gasteiger partial charge in [0, 0.05) is 35.7 Å². The van der Waals surface area contributed by atoms with E-state index in [1.165, 1.54) is 19.4 Å². The molecule has 12 heteroatoms. The van der Waals surface area contributed by atoms with Crippen molar-refractivity contribution in [2.75, 3.05) is 11.6 Å². The van der Waals surface area contributed by atoms with Crippen LogP contribution in [0.15, 0.2) is 35.6 Å². The molecule has 0 bridgehead atoms. The summed E-state index contributed by atoms with van der Waals surface area (Å²) in [5.74, 6) is 0.189. The molecular weight excluding hydrogens is 469 g/mol. The minimum Gasteiger partial charge on any atom is -0.393 e. The van der Waals surface area contributed by atoms with Gasteiger partial charge < -0.3 is 10.4 Å². The predicted molar refractivity (Wildman–Crippen MR) is 122 cm³/mol. The first-order valence-corrected chi connectivity index (χ1v) is 13.0. The Morgan fingerprint density at radius 1 is 1.26 bits per heavy atom. The van der Waals surface area contributed by atoms with Crippen molar-refractivity contribution < 1.29 is 22.5 Å². The summed E-state index contributed by atoms with van der Waals surface area (Å²) in [5.41, 5.74) is 2.96. The van der Waals surface area contributed by atoms with E-state index in [1.54, 1.807) is 22.8 Å². The van der Waals surface area contributed by atoms with Crippen molar-refractivity contribution >= 4 is 21.2 Å². The molecule has 34 heavy (non-hydrogen) atoms. The quantitative estimate of drug-likeness (QED) is 0.459. The monoisotopic (exact) mass is 496 g/mol. The van der Waals surface area contributed by atoms with E-state index < -0.39 is 28.4 Å². The molecular formula is C22H27F3N6O2S. The molecule has 3 aromatic rings. The Morgan fingerprint density at radius 3 is 2.62 bits per heavy atom. The molecule has 0 aliphatic heterocycles. The van der Waals surface area contributed by atoms with Crippen LogP contribution in [0, 0.1) is 4.78 Å². The molecule has 0 spiro atoms. The zero-order valence-electron chi connectivity index (χ0n) is 18.8. The van der Waals surface area contributed by atoms with E-state index >= 15 is 0 Å². The highest BCUT2D eigenvalue weighted by molar-refractivity contribution is 7.91. The highest BCUT2D eigenvalue weighted by Crippen LogP contribution is 2.38. The van der Waals surface area contributed by atoms with Gasteiger partial charge in [0.2, 0.25) is 5.95 Å². The van der Waals surface area contributed by atoms with Gasteiger partial charge in [0.05, 0.1) is 34.0 Å². The number of pyridine rings is 1. The Balaban J connectivity index is 1.78. The number of alkyl halides is 3. The Labute approximate surface area is 195 Å². The van der Waals surface area contributed by atoms with Gasteiger partial charge in [0.25, 0.3) is 0 Å². The smallest absolute Gasteiger partial charge is 0.391 e. The topological polar surface area (TPSA) is 116 Å². The summed E-state index contributed by atoms with van der Waals surface area (Å²) in [7, 11) is -3.02. The van der Waals surface area contributed by atoms with Crippen molar-refractivity contribution in [3.8, 4) is 11.1 Å². The molecule has 3 N–H and O–H groups in total. The van der Waals surface area contributed by atoms with E-state index in [1.807, 2.05) is 6.07 Å². The van der Waals surface area contributed by atoms with Gasteiger partial charge in [-0.25, -0.2) is 23.5 Å². The molecule has 8 nitrogen and oxygen atoms in total. The minimum absolute atomic E-state index is 0.0849. The van der Waals surface area contributed by atoms with Crippen LogP contribution in [0.2, 0.25) is 0 Å². The molecule has 0 unspecified atom stereocenters. The van der Waals surface area contributed by atoms with Crippen LogP contribution in [0.3, 0.4) is 0 Å². The van der Waals surface area contributed by atoms with Crippen molar-refractivity contribution in [1.82, 2.24) is 19.6 Å². The third kappa shape index (κ3) is 5.49. The van der Waals surface area contributed by atoms with E-state index in [2.05, 4.69) is 20.4 Å². The third-order valence-electron chi connectivity index (χ3n) is 6.02. The zero-order valence-corrected chi connectivity index (χ0v) is 19.7. The largest absolute Gasteiger partial charge is 0.393 e. The number of rotatable bonds is 6. The van der Waals surface area contributed by atoms with Crippen LogP contribution in [0.1, 0.15) is 50.6 Å². The Morgan fingerprint density at radius 2 is 1.97 bits per heavy atom. The van der Waals surface area contributed by atoms with Crippen molar-refractivity contribution in [2.45, 2.75) is 68.3 Å². The van der Waals surface area contributed by atoms with Crippen LogP contribution >= 0.6 is 0 Å². The number of aliphatic hydroxyl groups is 1. The average molecular weight is 497 g/mol. The normalized spacial score (nSPS) is 21.8. The molecule has 0 saturated heterocycles. The molecule has 4 rings (SSSR count). The fourth-order valence-corrected chi connectivity index (χ4v) is 5.00. The summed E-state index contributed by atoms with van der Waals surface area (Å²) in [6, 6.07) is 4.40. The Bertz CT molecular complexity index is 1280. The van der Waals surface area contributed by atoms with Crippen LogP contribution in [-0.2, 0) is 9.73 Å². The number of aromatic nitrogens is 4. The first kappa shape index (κ1) is 24.4. The molecule has 3 aromatic heterocycles. The van der Waals surface area contributed by atoms with Gasteiger partial charge in [0.15, 0.2) is 0 Å². The summed E-state index contributed by atoms with van der Waals surface area (Å²) in [6.45, 7) is 1.42. The maximum absolute atomic E-state index is 12.8. The number of halogens is 3. The lowest BCUT2D eigenvalue weighted by molar-refractivity contribution is -0.136. The summed E-state index contributed by atoms with van der Waals surface area (Å²) in [4.78, 5) is 8.31. The van der Waals surface area contributed by atoms with Crippen molar-refractivity contribution in [3.63, 3.8) is 0 Å². The van der Waals surface area contributed by atoms with Gasteiger partial charge in [-0.15, -0.1) is 5.10 Å². The van der Waals surface area contributed by atoms with E-state index in [0.29, 0.717) is 23.9 Å². The highest BCUT2D eigenvalue weighted by atomic mass is 32.2. The second-order valence-corrected chi connectivity index (χ2v) is 11.1. The average Bonchev–Trinajstić information content (AvgIpc) is 3.11. The molecule has 1 saturated carbocycles. The molecule has 3 heterocycles. The van der Waals surface area contributed by atoms with Gasteiger partial charge in [0.1, 0.15) is 5.03 Å². The Hall–Kier alpha value is -2.73. The summed E-state index contributed by atoms with van der Waals surface area (Å²) in [5, 5.41) is 17.3. The van der Waals surface area contributed by atoms with Crippen molar-refractivity contribution in [3.05, 3.63) is 36.3 Å². The number of nitrogens with zero attached hydrogens (tertiary/aromatic N) is 4. The molecule has 1 fully saturated rings. The lowest BCUT2D eigenvalue weighted by atomic mass is 9.85. The number of hydrogen-bond donors (Lipinski definition) is 3. The molecule has 0 radical (unpaired) electrons. The Kier molecular flexibility index (Phi) is 6.56. The standard InChI is InChI=1S/C22H27F3N6O2S/c1-13(11-22(23,24)25)29-21-28-12-19-17(15-7-8-27-20(9-15)34(2,26)33)10-18(31(19)30-21)14-3-5-16(32)6-4-14/h7-10,12-14,16,26,32H,3-6,11H2,1-2H3,(H,29,30)/t13-,14-,16-,34-/m0/s1. The van der Waals surface area contributed by atoms with Gasteiger partial charge in [-0.05, 0) is 56.4 Å². The lowest BCUT2D eigenvalue weighted by Gasteiger charge is -2.25. The third-order valence-corrected chi connectivity index (χ3v) is 7.04. The van der Waals surface area contributed by atoms with E-state index in [-0.39, 0.29) is 23.0 Å². The van der Waals surface area contributed by atoms with Gasteiger partial charge >= 0.3 is 6.18 Å². The first-order chi connectivity index (χ1) is 15.9. The van der Waals surface area contributed by atoms with E-state index in [0.717, 1.165) is 24.1 Å². The summed E-state index contributed by atoms with van der Waals surface area (Å²) in [6.07, 6.45) is 1.51. The fourth-order valence-electron chi connectivity index (χ4n) is 4.38. The number of nitrogens with one attached hydrogen (secondary N) is 2. The molecule has 0 amide bonds. The van der Waals surface area contributed by atoms with Gasteiger partial charge in [-0.3, -0.25) is 0 Å². The van der Waals surface area contributed by atoms with Crippen LogP contribution in [0.5, 0.6) is 0 Å². The number of fused-ring (bicyclic) bond motifs is 1. The van der Waals surface area contributed by atoms with Gasteiger partial charge in [-0.2, -0.15) is 13.2 Å². The van der Waals surface area contributed by atoms with Crippen LogP contribution < -0.4 is 5.32 Å². The number of anilines is 1.